The van der Waals surface area contributed by atoms with Crippen molar-refractivity contribution in [1.82, 2.24) is 23.6 Å². The van der Waals surface area contributed by atoms with E-state index >= 15 is 0 Å². The Morgan fingerprint density at radius 2 is 1.78 bits per heavy atom. The van der Waals surface area contributed by atoms with Crippen LogP contribution in [0.15, 0.2) is 66.1 Å². The molecular formula is C27H30FN5O2S. The highest BCUT2D eigenvalue weighted by atomic mass is 32.2. The van der Waals surface area contributed by atoms with Crippen molar-refractivity contribution in [2.75, 3.05) is 13.1 Å². The van der Waals surface area contributed by atoms with Crippen molar-refractivity contribution < 1.29 is 12.8 Å². The van der Waals surface area contributed by atoms with Crippen molar-refractivity contribution in [1.29, 1.82) is 0 Å². The predicted molar refractivity (Wildman–Crippen MR) is 137 cm³/mol. The molecule has 4 heterocycles. The largest absolute Gasteiger partial charge is 0.297 e. The lowest BCUT2D eigenvalue weighted by molar-refractivity contribution is 0.170. The van der Waals surface area contributed by atoms with E-state index in [-0.39, 0.29) is 4.90 Å². The van der Waals surface area contributed by atoms with Crippen molar-refractivity contribution in [2.45, 2.75) is 55.1 Å². The van der Waals surface area contributed by atoms with Crippen LogP contribution in [0.3, 0.4) is 0 Å². The number of hydrogen-bond donors (Lipinski definition) is 0. The van der Waals surface area contributed by atoms with Crippen molar-refractivity contribution in [3.8, 4) is 11.1 Å². The van der Waals surface area contributed by atoms with Crippen LogP contribution in [0.1, 0.15) is 43.6 Å². The molecule has 1 aliphatic heterocycles. The highest BCUT2D eigenvalue weighted by molar-refractivity contribution is 7.90. The van der Waals surface area contributed by atoms with Gasteiger partial charge in [-0.05, 0) is 61.8 Å². The zero-order valence-corrected chi connectivity index (χ0v) is 21.1. The van der Waals surface area contributed by atoms with Gasteiger partial charge in [0.25, 0.3) is 10.0 Å². The molecule has 7 nitrogen and oxygen atoms in total. The number of alkyl halides is 1. The first-order chi connectivity index (χ1) is 17.4. The number of benzene rings is 1. The third-order valence-electron chi connectivity index (χ3n) is 7.80. The first-order valence-corrected chi connectivity index (χ1v) is 14.0. The molecule has 1 aliphatic carbocycles. The van der Waals surface area contributed by atoms with E-state index in [1.165, 1.54) is 3.97 Å². The van der Waals surface area contributed by atoms with Crippen molar-refractivity contribution >= 4 is 21.1 Å². The Hall–Kier alpha value is -3.04. The standard InChI is InChI=1S/C27H30FN5O2S/c1-31-16-21(15-30-31)26-18-33(36(34,35)24-5-3-2-4-6-24)27-25(26)13-20(14-29-27)19-7-9-23(10-8-19)32-12-11-22(28)17-32/h2-6,13-16,18-19,22-23H,7-12,17H2,1H3/t19-,22?,23-. The zero-order chi connectivity index (χ0) is 24.9. The highest BCUT2D eigenvalue weighted by Gasteiger charge is 2.32. The summed E-state index contributed by atoms with van der Waals surface area (Å²) in [5, 5.41) is 5.11. The van der Waals surface area contributed by atoms with E-state index in [1.54, 1.807) is 47.4 Å². The molecule has 4 aromatic rings. The fourth-order valence-corrected chi connectivity index (χ4v) is 7.19. The molecule has 188 valence electrons. The summed E-state index contributed by atoms with van der Waals surface area (Å²) in [6, 6.07) is 11.0. The number of fused-ring (bicyclic) bond motifs is 1. The molecular weight excluding hydrogens is 477 g/mol. The SMILES string of the molecule is Cn1cc(-c2cn(S(=O)(=O)c3ccccc3)c3ncc([C@H]4CC[C@H](N5CCC(F)C5)CC4)cc23)cn1. The second-order valence-electron chi connectivity index (χ2n) is 10.1. The molecule has 0 radical (unpaired) electrons. The van der Waals surface area contributed by atoms with Crippen molar-refractivity contribution in [3.05, 3.63) is 66.7 Å². The molecule has 1 saturated carbocycles. The molecule has 0 N–H and O–H groups in total. The molecule has 3 aromatic heterocycles. The fourth-order valence-electron chi connectivity index (χ4n) is 5.85. The minimum atomic E-state index is -3.81. The van der Waals surface area contributed by atoms with Crippen LogP contribution >= 0.6 is 0 Å². The van der Waals surface area contributed by atoms with E-state index in [2.05, 4.69) is 16.1 Å². The molecule has 1 unspecified atom stereocenters. The van der Waals surface area contributed by atoms with Crippen LogP contribution in [0, 0.1) is 0 Å². The lowest BCUT2D eigenvalue weighted by Crippen LogP contribution is -2.36. The number of hydrogen-bond acceptors (Lipinski definition) is 5. The maximum atomic E-state index is 13.7. The van der Waals surface area contributed by atoms with Crippen LogP contribution in [0.5, 0.6) is 0 Å². The number of halogens is 1. The number of pyridine rings is 1. The summed E-state index contributed by atoms with van der Waals surface area (Å²) < 4.78 is 43.8. The van der Waals surface area contributed by atoms with Gasteiger partial charge in [0.15, 0.2) is 5.65 Å². The first-order valence-electron chi connectivity index (χ1n) is 12.6. The molecule has 1 atom stereocenters. The van der Waals surface area contributed by atoms with Gasteiger partial charge < -0.3 is 0 Å². The molecule has 36 heavy (non-hydrogen) atoms. The van der Waals surface area contributed by atoms with Crippen LogP contribution in [0.2, 0.25) is 0 Å². The van der Waals surface area contributed by atoms with E-state index < -0.39 is 16.2 Å². The Morgan fingerprint density at radius 3 is 2.44 bits per heavy atom. The average Bonchev–Trinajstić information content (AvgIpc) is 3.62. The molecule has 0 bridgehead atoms. The second-order valence-corrected chi connectivity index (χ2v) is 11.9. The number of likely N-dealkylation sites (tertiary alicyclic amines) is 1. The van der Waals surface area contributed by atoms with Gasteiger partial charge in [0, 0.05) is 61.3 Å². The summed E-state index contributed by atoms with van der Waals surface area (Å²) >= 11 is 0. The summed E-state index contributed by atoms with van der Waals surface area (Å²) in [6.45, 7) is 1.43. The first kappa shape index (κ1) is 23.4. The lowest BCUT2D eigenvalue weighted by atomic mass is 9.81. The summed E-state index contributed by atoms with van der Waals surface area (Å²) in [7, 11) is -1.97. The highest BCUT2D eigenvalue weighted by Crippen LogP contribution is 2.39. The normalized spacial score (nSPS) is 23.4. The van der Waals surface area contributed by atoms with Crippen LogP contribution in [0.25, 0.3) is 22.2 Å². The zero-order valence-electron chi connectivity index (χ0n) is 20.3. The molecule has 9 heteroatoms. The second kappa shape index (κ2) is 9.12. The number of nitrogens with zero attached hydrogens (tertiary/aromatic N) is 5. The summed E-state index contributed by atoms with van der Waals surface area (Å²) in [5.41, 5.74) is 3.20. The molecule has 0 amide bonds. The monoisotopic (exact) mass is 507 g/mol. The summed E-state index contributed by atoms with van der Waals surface area (Å²) in [6.07, 6.45) is 11.3. The van der Waals surface area contributed by atoms with Gasteiger partial charge in [-0.25, -0.2) is 21.8 Å². The number of rotatable bonds is 5. The average molecular weight is 508 g/mol. The minimum Gasteiger partial charge on any atom is -0.297 e. The van der Waals surface area contributed by atoms with E-state index in [9.17, 15) is 12.8 Å². The molecule has 2 aliphatic rings. The minimum absolute atomic E-state index is 0.223. The van der Waals surface area contributed by atoms with Gasteiger partial charge in [0.2, 0.25) is 0 Å². The molecule has 2 fully saturated rings. The third kappa shape index (κ3) is 4.14. The molecule has 1 aromatic carbocycles. The molecule has 1 saturated heterocycles. The van der Waals surface area contributed by atoms with Gasteiger partial charge >= 0.3 is 0 Å². The number of aryl methyl sites for hydroxylation is 1. The Kier molecular flexibility index (Phi) is 5.92. The summed E-state index contributed by atoms with van der Waals surface area (Å²) in [5.74, 6) is 0.359. The van der Waals surface area contributed by atoms with Crippen molar-refractivity contribution in [3.63, 3.8) is 0 Å². The van der Waals surface area contributed by atoms with E-state index in [4.69, 9.17) is 4.98 Å². The van der Waals surface area contributed by atoms with Gasteiger partial charge in [-0.15, -0.1) is 0 Å². The quantitative estimate of drug-likeness (QED) is 0.390. The van der Waals surface area contributed by atoms with Crippen LogP contribution in [-0.2, 0) is 17.1 Å². The molecule has 0 spiro atoms. The molecule has 6 rings (SSSR count). The summed E-state index contributed by atoms with van der Waals surface area (Å²) in [4.78, 5) is 7.24. The van der Waals surface area contributed by atoms with Gasteiger partial charge in [-0.2, -0.15) is 5.10 Å². The maximum absolute atomic E-state index is 13.7. The van der Waals surface area contributed by atoms with Gasteiger partial charge in [0.05, 0.1) is 11.1 Å². The third-order valence-corrected chi connectivity index (χ3v) is 9.46. The van der Waals surface area contributed by atoms with E-state index in [0.717, 1.165) is 54.3 Å². The van der Waals surface area contributed by atoms with Crippen molar-refractivity contribution in [2.24, 2.45) is 7.05 Å². The smallest absolute Gasteiger partial charge is 0.269 e. The topological polar surface area (TPSA) is 73.0 Å². The predicted octanol–water partition coefficient (Wildman–Crippen LogP) is 4.74. The van der Waals surface area contributed by atoms with Gasteiger partial charge in [-0.1, -0.05) is 18.2 Å². The Morgan fingerprint density at radius 1 is 1.00 bits per heavy atom. The van der Waals surface area contributed by atoms with E-state index in [0.29, 0.717) is 30.6 Å². The van der Waals surface area contributed by atoms with Crippen LogP contribution in [-0.4, -0.2) is 57.4 Å². The Balaban J connectivity index is 1.36. The van der Waals surface area contributed by atoms with E-state index in [1.807, 2.05) is 19.4 Å². The fraction of sp³-hybridized carbons (Fsp3) is 0.407. The maximum Gasteiger partial charge on any atom is 0.269 e. The van der Waals surface area contributed by atoms with Gasteiger partial charge in [-0.3, -0.25) is 9.58 Å². The Bertz CT molecular complexity index is 1490. The van der Waals surface area contributed by atoms with Crippen LogP contribution in [0.4, 0.5) is 4.39 Å². The van der Waals surface area contributed by atoms with Crippen LogP contribution < -0.4 is 0 Å². The van der Waals surface area contributed by atoms with Gasteiger partial charge in [0.1, 0.15) is 6.17 Å². The number of aromatic nitrogens is 4. The Labute approximate surface area is 210 Å². The lowest BCUT2D eigenvalue weighted by Gasteiger charge is -2.34.